The Balaban J connectivity index is 1.73. The Hall–Kier alpha value is -3.60. The van der Waals surface area contributed by atoms with Gasteiger partial charge in [0.2, 0.25) is 0 Å². The summed E-state index contributed by atoms with van der Waals surface area (Å²) >= 11 is 1.13. The van der Waals surface area contributed by atoms with Gasteiger partial charge in [0.05, 0.1) is 22.3 Å². The van der Waals surface area contributed by atoms with Crippen molar-refractivity contribution in [3.05, 3.63) is 81.4 Å². The molecule has 1 N–H and O–H groups in total. The Morgan fingerprint density at radius 1 is 1.18 bits per heavy atom. The van der Waals surface area contributed by atoms with Crippen molar-refractivity contribution in [2.45, 2.75) is 25.0 Å². The maximum absolute atomic E-state index is 14.0. The number of thioether (sulfide) groups is 1. The van der Waals surface area contributed by atoms with Crippen molar-refractivity contribution in [1.29, 1.82) is 0 Å². The summed E-state index contributed by atoms with van der Waals surface area (Å²) in [5.41, 5.74) is 0.0101. The lowest BCUT2D eigenvalue weighted by Crippen LogP contribution is -2.34. The zero-order valence-corrected chi connectivity index (χ0v) is 19.0. The molecule has 2 aromatic carbocycles. The topological polar surface area (TPSA) is 120 Å². The Morgan fingerprint density at radius 2 is 1.91 bits per heavy atom. The van der Waals surface area contributed by atoms with E-state index in [1.807, 2.05) is 13.8 Å². The molecule has 1 atom stereocenters. The number of non-ortho nitro benzene ring substituents is 1. The van der Waals surface area contributed by atoms with Crippen molar-refractivity contribution >= 4 is 29.1 Å². The monoisotopic (exact) mass is 471 g/mol. The van der Waals surface area contributed by atoms with Gasteiger partial charge in [0.25, 0.3) is 11.6 Å². The van der Waals surface area contributed by atoms with E-state index in [0.717, 1.165) is 11.8 Å². The second-order valence-corrected chi connectivity index (χ2v) is 8.54. The number of Topliss-reactive ketones (excluding diaryl/α,β-unsaturated/α-hetero) is 1. The van der Waals surface area contributed by atoms with Gasteiger partial charge in [-0.2, -0.15) is 0 Å². The maximum Gasteiger partial charge on any atom is 0.270 e. The predicted molar refractivity (Wildman–Crippen MR) is 121 cm³/mol. The summed E-state index contributed by atoms with van der Waals surface area (Å²) in [7, 11) is 1.71. The highest BCUT2D eigenvalue weighted by Crippen LogP contribution is 2.25. The quantitative estimate of drug-likeness (QED) is 0.217. The number of aromatic nitrogens is 3. The van der Waals surface area contributed by atoms with Gasteiger partial charge in [-0.05, 0) is 18.1 Å². The number of nitro benzene ring substituents is 1. The van der Waals surface area contributed by atoms with Gasteiger partial charge in [-0.3, -0.25) is 19.7 Å². The smallest absolute Gasteiger partial charge is 0.270 e. The first-order chi connectivity index (χ1) is 15.7. The van der Waals surface area contributed by atoms with Crippen LogP contribution in [-0.2, 0) is 7.05 Å². The number of benzene rings is 2. The summed E-state index contributed by atoms with van der Waals surface area (Å²) in [6.07, 6.45) is 0. The molecule has 0 unspecified atom stereocenters. The van der Waals surface area contributed by atoms with Gasteiger partial charge in [-0.25, -0.2) is 4.39 Å². The molecule has 0 bridgehead atoms. The van der Waals surface area contributed by atoms with E-state index >= 15 is 0 Å². The molecule has 0 aliphatic rings. The van der Waals surface area contributed by atoms with Crippen LogP contribution in [0, 0.1) is 21.8 Å². The van der Waals surface area contributed by atoms with Crippen LogP contribution >= 0.6 is 11.8 Å². The van der Waals surface area contributed by atoms with Gasteiger partial charge < -0.3 is 9.88 Å². The zero-order valence-electron chi connectivity index (χ0n) is 18.2. The number of carbonyl (C=O) groups excluding carboxylic acids is 2. The second kappa shape index (κ2) is 10.3. The molecule has 3 rings (SSSR count). The Bertz CT molecular complexity index is 1200. The largest absolute Gasteiger partial charge is 0.342 e. The zero-order chi connectivity index (χ0) is 24.1. The highest BCUT2D eigenvalue weighted by molar-refractivity contribution is 7.99. The molecule has 0 saturated carbocycles. The van der Waals surface area contributed by atoms with Crippen LogP contribution in [0.25, 0.3) is 0 Å². The summed E-state index contributed by atoms with van der Waals surface area (Å²) < 4.78 is 15.7. The molecule has 0 radical (unpaired) electrons. The molecule has 0 aliphatic carbocycles. The minimum atomic E-state index is -0.619. The Labute approximate surface area is 193 Å². The maximum atomic E-state index is 14.0. The molecule has 33 heavy (non-hydrogen) atoms. The molecule has 0 spiro atoms. The van der Waals surface area contributed by atoms with Gasteiger partial charge in [0.1, 0.15) is 5.82 Å². The van der Waals surface area contributed by atoms with Crippen LogP contribution in [0.3, 0.4) is 0 Å². The molecule has 0 saturated heterocycles. The molecular formula is C22H22FN5O4S. The highest BCUT2D eigenvalue weighted by atomic mass is 32.2. The van der Waals surface area contributed by atoms with E-state index < -0.39 is 22.7 Å². The van der Waals surface area contributed by atoms with E-state index in [9.17, 15) is 24.1 Å². The number of halogens is 1. The van der Waals surface area contributed by atoms with Crippen molar-refractivity contribution in [3.8, 4) is 0 Å². The van der Waals surface area contributed by atoms with Gasteiger partial charge in [-0.15, -0.1) is 10.2 Å². The minimum absolute atomic E-state index is 0.00106. The molecule has 1 amide bonds. The Morgan fingerprint density at radius 3 is 2.58 bits per heavy atom. The third-order valence-electron chi connectivity index (χ3n) is 4.93. The standard InChI is InChI=1S/C22H22FN5O4S/c1-13(2)19(24-21(30)16-9-4-5-10-17(16)23)20-25-26-22(27(20)3)33-12-18(29)14-7-6-8-15(11-14)28(31)32/h4-11,13,19H,12H2,1-3H3,(H,24,30)/t19-/m0/s1. The Kier molecular flexibility index (Phi) is 7.54. The van der Waals surface area contributed by atoms with Crippen molar-refractivity contribution in [2.75, 3.05) is 5.75 Å². The van der Waals surface area contributed by atoms with E-state index in [1.54, 1.807) is 17.7 Å². The first-order valence-electron chi connectivity index (χ1n) is 10.0. The van der Waals surface area contributed by atoms with Crippen molar-refractivity contribution in [3.63, 3.8) is 0 Å². The molecule has 0 fully saturated rings. The van der Waals surface area contributed by atoms with Gasteiger partial charge in [0.15, 0.2) is 16.8 Å². The minimum Gasteiger partial charge on any atom is -0.342 e. The molecule has 9 nitrogen and oxygen atoms in total. The summed E-state index contributed by atoms with van der Waals surface area (Å²) in [5.74, 6) is -1.09. The fourth-order valence-corrected chi connectivity index (χ4v) is 3.94. The summed E-state index contributed by atoms with van der Waals surface area (Å²) in [5, 5.41) is 22.5. The van der Waals surface area contributed by atoms with Crippen LogP contribution < -0.4 is 5.32 Å². The average Bonchev–Trinajstić information content (AvgIpc) is 3.15. The first kappa shape index (κ1) is 24.1. The van der Waals surface area contributed by atoms with Crippen molar-refractivity contribution in [2.24, 2.45) is 13.0 Å². The van der Waals surface area contributed by atoms with Crippen molar-refractivity contribution in [1.82, 2.24) is 20.1 Å². The van der Waals surface area contributed by atoms with Gasteiger partial charge in [-0.1, -0.05) is 49.9 Å². The lowest BCUT2D eigenvalue weighted by molar-refractivity contribution is -0.384. The molecule has 1 heterocycles. The summed E-state index contributed by atoms with van der Waals surface area (Å²) in [4.78, 5) is 35.5. The molecule has 11 heteroatoms. The van der Waals surface area contributed by atoms with E-state index in [0.29, 0.717) is 11.0 Å². The molecule has 3 aromatic rings. The number of carbonyl (C=O) groups is 2. The third kappa shape index (κ3) is 5.61. The van der Waals surface area contributed by atoms with E-state index in [1.165, 1.54) is 42.5 Å². The van der Waals surface area contributed by atoms with Gasteiger partial charge in [0, 0.05) is 24.7 Å². The predicted octanol–water partition coefficient (Wildman–Crippen LogP) is 3.96. The van der Waals surface area contributed by atoms with E-state index in [-0.39, 0.29) is 34.3 Å². The van der Waals surface area contributed by atoms with E-state index in [2.05, 4.69) is 15.5 Å². The highest BCUT2D eigenvalue weighted by Gasteiger charge is 2.26. The molecule has 1 aromatic heterocycles. The number of amides is 1. The number of hydrogen-bond donors (Lipinski definition) is 1. The van der Waals surface area contributed by atoms with Crippen LogP contribution in [0.4, 0.5) is 10.1 Å². The molecular weight excluding hydrogens is 449 g/mol. The average molecular weight is 472 g/mol. The van der Waals surface area contributed by atoms with Crippen LogP contribution in [-0.4, -0.2) is 37.1 Å². The number of hydrogen-bond acceptors (Lipinski definition) is 7. The fourth-order valence-electron chi connectivity index (χ4n) is 3.12. The summed E-state index contributed by atoms with van der Waals surface area (Å²) in [6, 6.07) is 10.7. The molecule has 0 aliphatic heterocycles. The van der Waals surface area contributed by atoms with Gasteiger partial charge >= 0.3 is 0 Å². The SMILES string of the molecule is CC(C)[C@H](NC(=O)c1ccccc1F)c1nnc(SCC(=O)c2cccc([N+](=O)[O-])c2)n1C. The third-order valence-corrected chi connectivity index (χ3v) is 5.95. The lowest BCUT2D eigenvalue weighted by atomic mass is 10.0. The van der Waals surface area contributed by atoms with Crippen LogP contribution in [0.1, 0.15) is 46.4 Å². The number of rotatable bonds is 9. The first-order valence-corrected chi connectivity index (χ1v) is 11.0. The van der Waals surface area contributed by atoms with E-state index in [4.69, 9.17) is 0 Å². The number of ketones is 1. The normalized spacial score (nSPS) is 11.9. The molecule has 172 valence electrons. The van der Waals surface area contributed by atoms with Crippen LogP contribution in [0.15, 0.2) is 53.7 Å². The fraction of sp³-hybridized carbons (Fsp3) is 0.273. The number of nitrogens with zero attached hydrogens (tertiary/aromatic N) is 4. The van der Waals surface area contributed by atoms with Crippen molar-refractivity contribution < 1.29 is 18.9 Å². The number of nitrogens with one attached hydrogen (secondary N) is 1. The lowest BCUT2D eigenvalue weighted by Gasteiger charge is -2.21. The number of nitro groups is 1. The van der Waals surface area contributed by atoms with Crippen LogP contribution in [0.2, 0.25) is 0 Å². The van der Waals surface area contributed by atoms with Crippen LogP contribution in [0.5, 0.6) is 0 Å². The summed E-state index contributed by atoms with van der Waals surface area (Å²) in [6.45, 7) is 3.78. The second-order valence-electron chi connectivity index (χ2n) is 7.59.